The average molecular weight is 435 g/mol. The number of carbonyl (C=O) groups excluding carboxylic acids is 2. The lowest BCUT2D eigenvalue weighted by Crippen LogP contribution is -2.25. The predicted octanol–water partition coefficient (Wildman–Crippen LogP) is 2.87. The number of aromatic nitrogens is 3. The summed E-state index contributed by atoms with van der Waals surface area (Å²) >= 11 is 0. The molecule has 0 fully saturated rings. The van der Waals surface area contributed by atoms with Gasteiger partial charge in [0.05, 0.1) is 25.4 Å². The number of nitrogens with zero attached hydrogens (tertiary/aromatic N) is 4. The van der Waals surface area contributed by atoms with Gasteiger partial charge in [-0.3, -0.25) is 0 Å². The summed E-state index contributed by atoms with van der Waals surface area (Å²) in [6.45, 7) is 3.82. The topological polar surface area (TPSA) is 113 Å². The lowest BCUT2D eigenvalue weighted by Gasteiger charge is -2.18. The Balaban J connectivity index is 2.06. The molecule has 0 aliphatic rings. The van der Waals surface area contributed by atoms with Crippen LogP contribution in [0.5, 0.6) is 0 Å². The fourth-order valence-corrected chi connectivity index (χ4v) is 2.91. The molecule has 3 rings (SSSR count). The van der Waals surface area contributed by atoms with Crippen molar-refractivity contribution in [3.63, 3.8) is 0 Å². The van der Waals surface area contributed by atoms with E-state index in [0.29, 0.717) is 0 Å². The van der Waals surface area contributed by atoms with Crippen molar-refractivity contribution in [3.05, 3.63) is 78.0 Å². The van der Waals surface area contributed by atoms with Crippen LogP contribution in [0, 0.1) is 0 Å². The number of hydrogen-bond acceptors (Lipinski definition) is 8. The molecule has 0 saturated carbocycles. The van der Waals surface area contributed by atoms with Gasteiger partial charge in [0.25, 0.3) is 5.95 Å². The van der Waals surface area contributed by atoms with Gasteiger partial charge < -0.3 is 20.1 Å². The number of nitrogens with two attached hydrogens (primary N) is 1. The molecule has 3 aromatic rings. The first kappa shape index (κ1) is 22.5. The molecule has 0 atom stereocenters. The second kappa shape index (κ2) is 10.8. The Morgan fingerprint density at radius 3 is 2.09 bits per heavy atom. The third-order valence-corrected chi connectivity index (χ3v) is 4.35. The van der Waals surface area contributed by atoms with Crippen LogP contribution in [0.3, 0.4) is 0 Å². The van der Waals surface area contributed by atoms with Crippen LogP contribution in [-0.4, -0.2) is 39.9 Å². The molecule has 0 saturated heterocycles. The van der Waals surface area contributed by atoms with E-state index in [0.717, 1.165) is 11.3 Å². The number of esters is 2. The molecule has 2 aromatic carbocycles. The number of nitrogen functional groups attached to an aromatic ring is 1. The maximum Gasteiger partial charge on any atom is 0.347 e. The fraction of sp³-hybridized carbons (Fsp3) is 0.217. The van der Waals surface area contributed by atoms with Gasteiger partial charge in [-0.15, -0.1) is 5.10 Å². The zero-order valence-electron chi connectivity index (χ0n) is 18.0. The summed E-state index contributed by atoms with van der Waals surface area (Å²) in [6.07, 6.45) is 1.34. The van der Waals surface area contributed by atoms with Gasteiger partial charge in [-0.25, -0.2) is 9.59 Å². The van der Waals surface area contributed by atoms with Gasteiger partial charge in [-0.2, -0.15) is 9.67 Å². The zero-order valence-corrected chi connectivity index (χ0v) is 18.0. The minimum atomic E-state index is -0.792. The van der Waals surface area contributed by atoms with E-state index in [9.17, 15) is 9.59 Å². The van der Waals surface area contributed by atoms with Gasteiger partial charge in [0.15, 0.2) is 5.57 Å². The summed E-state index contributed by atoms with van der Waals surface area (Å²) in [5, 5.41) is 4.50. The minimum Gasteiger partial charge on any atom is -0.462 e. The smallest absolute Gasteiger partial charge is 0.347 e. The number of rotatable bonds is 9. The van der Waals surface area contributed by atoms with E-state index in [1.165, 1.54) is 10.9 Å². The fourth-order valence-electron chi connectivity index (χ4n) is 2.91. The summed E-state index contributed by atoms with van der Waals surface area (Å²) in [5.74, 6) is -1.22. The minimum absolute atomic E-state index is 0.113. The largest absolute Gasteiger partial charge is 0.462 e. The standard InChI is InChI=1S/C23H25N5O4/c1-3-31-20(29)19(21(30)32-4-2)16-27(15-17-11-7-5-8-12-17)23-25-22(24)28(26-23)18-13-9-6-10-14-18/h5-14,16H,3-4,15H2,1-2H3,(H2,24,25,26). The predicted molar refractivity (Wildman–Crippen MR) is 120 cm³/mol. The van der Waals surface area contributed by atoms with E-state index >= 15 is 0 Å². The van der Waals surface area contributed by atoms with Gasteiger partial charge in [0, 0.05) is 6.20 Å². The van der Waals surface area contributed by atoms with Crippen molar-refractivity contribution < 1.29 is 19.1 Å². The maximum absolute atomic E-state index is 12.5. The Labute approximate surface area is 186 Å². The Kier molecular flexibility index (Phi) is 7.58. The Hall–Kier alpha value is -4.14. The van der Waals surface area contributed by atoms with E-state index in [-0.39, 0.29) is 37.2 Å². The van der Waals surface area contributed by atoms with Crippen LogP contribution in [0.4, 0.5) is 11.9 Å². The third kappa shape index (κ3) is 5.51. The molecule has 0 aliphatic carbocycles. The normalized spacial score (nSPS) is 10.3. The van der Waals surface area contributed by atoms with Crippen molar-refractivity contribution >= 4 is 23.8 Å². The highest BCUT2D eigenvalue weighted by Gasteiger charge is 2.24. The van der Waals surface area contributed by atoms with Gasteiger partial charge in [0.1, 0.15) is 0 Å². The van der Waals surface area contributed by atoms with Crippen molar-refractivity contribution in [3.8, 4) is 5.69 Å². The Morgan fingerprint density at radius 1 is 0.969 bits per heavy atom. The molecular weight excluding hydrogens is 410 g/mol. The highest BCUT2D eigenvalue weighted by atomic mass is 16.6. The Morgan fingerprint density at radius 2 is 1.53 bits per heavy atom. The van der Waals surface area contributed by atoms with Crippen LogP contribution in [0.15, 0.2) is 72.4 Å². The highest BCUT2D eigenvalue weighted by molar-refractivity contribution is 6.14. The van der Waals surface area contributed by atoms with Crippen molar-refractivity contribution in [2.75, 3.05) is 23.8 Å². The lowest BCUT2D eigenvalue weighted by atomic mass is 10.2. The molecule has 1 aromatic heterocycles. The molecule has 2 N–H and O–H groups in total. The van der Waals surface area contributed by atoms with E-state index in [2.05, 4.69) is 10.1 Å². The molecular formula is C23H25N5O4. The monoisotopic (exact) mass is 435 g/mol. The van der Waals surface area contributed by atoms with Crippen LogP contribution in [-0.2, 0) is 25.6 Å². The van der Waals surface area contributed by atoms with Gasteiger partial charge >= 0.3 is 11.9 Å². The molecule has 0 unspecified atom stereocenters. The van der Waals surface area contributed by atoms with Crippen LogP contribution in [0.2, 0.25) is 0 Å². The summed E-state index contributed by atoms with van der Waals surface area (Å²) in [7, 11) is 0. The summed E-state index contributed by atoms with van der Waals surface area (Å²) < 4.78 is 11.6. The molecule has 0 spiro atoms. The first-order valence-corrected chi connectivity index (χ1v) is 10.2. The Bertz CT molecular complexity index is 1060. The highest BCUT2D eigenvalue weighted by Crippen LogP contribution is 2.20. The summed E-state index contributed by atoms with van der Waals surface area (Å²) in [6, 6.07) is 18.8. The van der Waals surface area contributed by atoms with Crippen LogP contribution in [0.1, 0.15) is 19.4 Å². The average Bonchev–Trinajstić information content (AvgIpc) is 3.19. The summed E-state index contributed by atoms with van der Waals surface area (Å²) in [5.41, 5.74) is 7.48. The molecule has 9 heteroatoms. The summed E-state index contributed by atoms with van der Waals surface area (Å²) in [4.78, 5) is 30.9. The number of ether oxygens (including phenoxy) is 2. The SMILES string of the molecule is CCOC(=O)C(=CN(Cc1ccccc1)c1nc(N)n(-c2ccccc2)n1)C(=O)OCC. The first-order chi connectivity index (χ1) is 15.5. The van der Waals surface area contributed by atoms with Crippen molar-refractivity contribution in [2.45, 2.75) is 20.4 Å². The van der Waals surface area contributed by atoms with E-state index in [1.807, 2.05) is 60.7 Å². The van der Waals surface area contributed by atoms with E-state index in [4.69, 9.17) is 15.2 Å². The molecule has 32 heavy (non-hydrogen) atoms. The van der Waals surface area contributed by atoms with Crippen molar-refractivity contribution in [2.24, 2.45) is 0 Å². The number of carbonyl (C=O) groups is 2. The van der Waals surface area contributed by atoms with Crippen molar-refractivity contribution in [1.82, 2.24) is 14.8 Å². The van der Waals surface area contributed by atoms with Crippen LogP contribution in [0.25, 0.3) is 5.69 Å². The zero-order chi connectivity index (χ0) is 22.9. The van der Waals surface area contributed by atoms with Crippen LogP contribution >= 0.6 is 0 Å². The number of anilines is 2. The van der Waals surface area contributed by atoms with Gasteiger partial charge in [-0.05, 0) is 31.5 Å². The van der Waals surface area contributed by atoms with Gasteiger partial charge in [-0.1, -0.05) is 48.5 Å². The third-order valence-electron chi connectivity index (χ3n) is 4.35. The van der Waals surface area contributed by atoms with E-state index < -0.39 is 11.9 Å². The molecule has 1 heterocycles. The molecule has 0 aliphatic heterocycles. The maximum atomic E-state index is 12.5. The van der Waals surface area contributed by atoms with Gasteiger partial charge in [0.2, 0.25) is 5.95 Å². The molecule has 166 valence electrons. The number of benzene rings is 2. The number of hydrogen-bond donors (Lipinski definition) is 1. The second-order valence-corrected chi connectivity index (χ2v) is 6.61. The second-order valence-electron chi connectivity index (χ2n) is 6.61. The van der Waals surface area contributed by atoms with Crippen molar-refractivity contribution in [1.29, 1.82) is 0 Å². The number of para-hydroxylation sites is 1. The molecule has 0 radical (unpaired) electrons. The molecule has 9 nitrogen and oxygen atoms in total. The molecule has 0 amide bonds. The first-order valence-electron chi connectivity index (χ1n) is 10.2. The molecule has 0 bridgehead atoms. The van der Waals surface area contributed by atoms with E-state index in [1.54, 1.807) is 18.7 Å². The van der Waals surface area contributed by atoms with Crippen LogP contribution < -0.4 is 10.6 Å². The quantitative estimate of drug-likeness (QED) is 0.236. The lowest BCUT2D eigenvalue weighted by molar-refractivity contribution is -0.146.